The topological polar surface area (TPSA) is 103 Å². The fourth-order valence-electron chi connectivity index (χ4n) is 1.65. The number of pyridine rings is 1. The van der Waals surface area contributed by atoms with E-state index >= 15 is 0 Å². The molecule has 1 amide bonds. The number of ether oxygens (including phenoxy) is 1. The Morgan fingerprint density at radius 1 is 1.40 bits per heavy atom. The summed E-state index contributed by atoms with van der Waals surface area (Å²) in [6.45, 7) is 0. The Morgan fingerprint density at radius 2 is 2.15 bits per heavy atom. The maximum atomic E-state index is 11.4. The molecule has 2 aromatic rings. The van der Waals surface area contributed by atoms with Gasteiger partial charge in [-0.1, -0.05) is 11.6 Å². The summed E-state index contributed by atoms with van der Waals surface area (Å²) in [7, 11) is 1.53. The van der Waals surface area contributed by atoms with Crippen LogP contribution in [0.5, 0.6) is 5.75 Å². The number of nitrogens with zero attached hydrogens (tertiary/aromatic N) is 1. The highest BCUT2D eigenvalue weighted by Gasteiger charge is 2.11. The van der Waals surface area contributed by atoms with Gasteiger partial charge in [-0.3, -0.25) is 4.79 Å². The molecular formula is C13H13ClN4O2. The molecule has 0 spiro atoms. The Bertz CT molecular complexity index is 661. The van der Waals surface area contributed by atoms with Crippen molar-refractivity contribution < 1.29 is 9.53 Å². The second-order valence-electron chi connectivity index (χ2n) is 4.00. The number of methoxy groups -OCH3 is 1. The van der Waals surface area contributed by atoms with Gasteiger partial charge in [-0.25, -0.2) is 4.98 Å². The molecule has 1 aromatic heterocycles. The number of nitrogens with two attached hydrogens (primary N) is 2. The molecule has 0 radical (unpaired) electrons. The van der Waals surface area contributed by atoms with Crippen molar-refractivity contribution in [3.8, 4) is 5.75 Å². The van der Waals surface area contributed by atoms with E-state index in [4.69, 9.17) is 27.8 Å². The molecule has 0 bridgehead atoms. The number of hydrogen-bond acceptors (Lipinski definition) is 5. The number of hydrogen-bond donors (Lipinski definition) is 3. The van der Waals surface area contributed by atoms with E-state index in [9.17, 15) is 4.79 Å². The van der Waals surface area contributed by atoms with Gasteiger partial charge in [-0.15, -0.1) is 0 Å². The van der Waals surface area contributed by atoms with Crippen molar-refractivity contribution in [3.05, 3.63) is 41.0 Å². The molecule has 2 rings (SSSR count). The Hall–Kier alpha value is -2.47. The molecule has 104 valence electrons. The lowest BCUT2D eigenvalue weighted by Crippen LogP contribution is -2.14. The highest BCUT2D eigenvalue weighted by molar-refractivity contribution is 6.32. The quantitative estimate of drug-likeness (QED) is 0.801. The van der Waals surface area contributed by atoms with Gasteiger partial charge < -0.3 is 21.5 Å². The van der Waals surface area contributed by atoms with E-state index in [1.54, 1.807) is 18.2 Å². The average molecular weight is 293 g/mol. The fourth-order valence-corrected chi connectivity index (χ4v) is 1.91. The average Bonchev–Trinajstić information content (AvgIpc) is 2.41. The summed E-state index contributed by atoms with van der Waals surface area (Å²) in [6, 6.07) is 6.56. The van der Waals surface area contributed by atoms with Crippen LogP contribution < -0.4 is 21.5 Å². The highest BCUT2D eigenvalue weighted by atomic mass is 35.5. The number of carbonyl (C=O) groups is 1. The van der Waals surface area contributed by atoms with Crippen LogP contribution in [0.4, 0.5) is 17.2 Å². The summed E-state index contributed by atoms with van der Waals surface area (Å²) in [5.74, 6) is 0.248. The summed E-state index contributed by atoms with van der Waals surface area (Å²) >= 11 is 6.03. The molecule has 0 aliphatic carbocycles. The van der Waals surface area contributed by atoms with Crippen molar-refractivity contribution in [2.75, 3.05) is 18.2 Å². The minimum Gasteiger partial charge on any atom is -0.495 e. The highest BCUT2D eigenvalue weighted by Crippen LogP contribution is 2.29. The molecule has 0 fully saturated rings. The number of nitrogen functional groups attached to an aromatic ring is 1. The molecule has 0 saturated carbocycles. The molecule has 6 nitrogen and oxygen atoms in total. The standard InChI is InChI=1S/C13H13ClN4O2/c1-20-11-3-2-8(5-10(11)14)18-13-9(12(16)19)4-7(15)6-17-13/h2-6H,15H2,1H3,(H2,16,19)(H,17,18). The number of primary amides is 1. The largest absolute Gasteiger partial charge is 0.495 e. The summed E-state index contributed by atoms with van der Waals surface area (Å²) in [5, 5.41) is 3.40. The van der Waals surface area contributed by atoms with Crippen molar-refractivity contribution >= 4 is 34.7 Å². The minimum atomic E-state index is -0.619. The molecule has 0 atom stereocenters. The predicted molar refractivity (Wildman–Crippen MR) is 78.5 cm³/mol. The van der Waals surface area contributed by atoms with Crippen molar-refractivity contribution in [1.82, 2.24) is 4.98 Å². The first-order valence-electron chi connectivity index (χ1n) is 5.67. The third-order valence-corrected chi connectivity index (χ3v) is 2.88. The van der Waals surface area contributed by atoms with Crippen LogP contribution in [-0.4, -0.2) is 18.0 Å². The van der Waals surface area contributed by atoms with Gasteiger partial charge in [-0.2, -0.15) is 0 Å². The van der Waals surface area contributed by atoms with Crippen LogP contribution in [0.3, 0.4) is 0 Å². The maximum absolute atomic E-state index is 11.4. The van der Waals surface area contributed by atoms with Gasteiger partial charge in [0.05, 0.1) is 29.6 Å². The van der Waals surface area contributed by atoms with Crippen molar-refractivity contribution in [1.29, 1.82) is 0 Å². The van der Waals surface area contributed by atoms with Crippen LogP contribution in [0, 0.1) is 0 Å². The van der Waals surface area contributed by atoms with E-state index in [1.807, 2.05) is 0 Å². The Balaban J connectivity index is 2.35. The third kappa shape index (κ3) is 2.92. The number of amides is 1. The number of aromatic nitrogens is 1. The van der Waals surface area contributed by atoms with E-state index in [2.05, 4.69) is 10.3 Å². The van der Waals surface area contributed by atoms with Crippen LogP contribution in [0.2, 0.25) is 5.02 Å². The molecule has 1 heterocycles. The summed E-state index contributed by atoms with van der Waals surface area (Å²) < 4.78 is 5.06. The van der Waals surface area contributed by atoms with Crippen molar-refractivity contribution in [2.45, 2.75) is 0 Å². The molecule has 1 aromatic carbocycles. The van der Waals surface area contributed by atoms with Gasteiger partial charge >= 0.3 is 0 Å². The third-order valence-electron chi connectivity index (χ3n) is 2.59. The molecule has 0 saturated heterocycles. The zero-order valence-electron chi connectivity index (χ0n) is 10.7. The molecule has 0 aliphatic heterocycles. The molecule has 7 heteroatoms. The van der Waals surface area contributed by atoms with Gasteiger partial charge in [0.15, 0.2) is 0 Å². The van der Waals surface area contributed by atoms with Crippen molar-refractivity contribution in [2.24, 2.45) is 5.73 Å². The Kier molecular flexibility index (Phi) is 3.95. The van der Waals surface area contributed by atoms with E-state index < -0.39 is 5.91 Å². The second-order valence-corrected chi connectivity index (χ2v) is 4.41. The van der Waals surface area contributed by atoms with Crippen LogP contribution in [0.25, 0.3) is 0 Å². The molecule has 20 heavy (non-hydrogen) atoms. The maximum Gasteiger partial charge on any atom is 0.252 e. The van der Waals surface area contributed by atoms with Gasteiger partial charge in [0.2, 0.25) is 0 Å². The molecular weight excluding hydrogens is 280 g/mol. The summed E-state index contributed by atoms with van der Waals surface area (Å²) in [5.41, 5.74) is 12.1. The second kappa shape index (κ2) is 5.66. The van der Waals surface area contributed by atoms with E-state index in [0.29, 0.717) is 28.0 Å². The Labute approximate surface area is 120 Å². The smallest absolute Gasteiger partial charge is 0.252 e. The summed E-state index contributed by atoms with van der Waals surface area (Å²) in [4.78, 5) is 15.4. The molecule has 5 N–H and O–H groups in total. The number of carbonyl (C=O) groups excluding carboxylic acids is 1. The normalized spacial score (nSPS) is 10.1. The lowest BCUT2D eigenvalue weighted by atomic mass is 10.2. The number of halogens is 1. The SMILES string of the molecule is COc1ccc(Nc2ncc(N)cc2C(N)=O)cc1Cl. The van der Waals surface area contributed by atoms with Crippen LogP contribution in [-0.2, 0) is 0 Å². The van der Waals surface area contributed by atoms with E-state index in [1.165, 1.54) is 19.4 Å². The monoisotopic (exact) mass is 292 g/mol. The first kappa shape index (κ1) is 14.0. The number of benzene rings is 1. The van der Waals surface area contributed by atoms with Crippen LogP contribution in [0.1, 0.15) is 10.4 Å². The first-order chi connectivity index (χ1) is 9.51. The zero-order chi connectivity index (χ0) is 14.7. The summed E-state index contributed by atoms with van der Waals surface area (Å²) in [6.07, 6.45) is 1.43. The van der Waals surface area contributed by atoms with Crippen molar-refractivity contribution in [3.63, 3.8) is 0 Å². The number of nitrogens with one attached hydrogen (secondary N) is 1. The minimum absolute atomic E-state index is 0.206. The molecule has 0 unspecified atom stereocenters. The zero-order valence-corrected chi connectivity index (χ0v) is 11.4. The lowest BCUT2D eigenvalue weighted by molar-refractivity contribution is 0.100. The predicted octanol–water partition coefficient (Wildman–Crippen LogP) is 2.17. The van der Waals surface area contributed by atoms with Gasteiger partial charge in [0.25, 0.3) is 5.91 Å². The van der Waals surface area contributed by atoms with Gasteiger partial charge in [0, 0.05) is 5.69 Å². The fraction of sp³-hybridized carbons (Fsp3) is 0.0769. The van der Waals surface area contributed by atoms with Gasteiger partial charge in [-0.05, 0) is 24.3 Å². The first-order valence-corrected chi connectivity index (χ1v) is 6.05. The van der Waals surface area contributed by atoms with E-state index in [0.717, 1.165) is 0 Å². The lowest BCUT2D eigenvalue weighted by Gasteiger charge is -2.11. The van der Waals surface area contributed by atoms with E-state index in [-0.39, 0.29) is 5.56 Å². The number of anilines is 3. The Morgan fingerprint density at radius 3 is 2.75 bits per heavy atom. The van der Waals surface area contributed by atoms with Gasteiger partial charge in [0.1, 0.15) is 11.6 Å². The molecule has 0 aliphatic rings. The number of rotatable bonds is 4. The van der Waals surface area contributed by atoms with Crippen LogP contribution in [0.15, 0.2) is 30.5 Å². The van der Waals surface area contributed by atoms with Crippen LogP contribution >= 0.6 is 11.6 Å².